The van der Waals surface area contributed by atoms with Crippen LogP contribution in [0.2, 0.25) is 5.02 Å². The molecule has 0 aliphatic carbocycles. The molecule has 3 rings (SSSR count). The second-order valence-electron chi connectivity index (χ2n) is 7.04. The summed E-state index contributed by atoms with van der Waals surface area (Å²) in [5, 5.41) is 9.87. The van der Waals surface area contributed by atoms with Crippen molar-refractivity contribution in [2.75, 3.05) is 31.1 Å². The molecule has 7 heteroatoms. The standard InChI is InChI=1S/C19H23ClN4O2/c20-16-1-2-17(15(11-16)12-21)23-7-5-14(6-8-23)19(26)24-9-3-13(4-10-24)18(22)25/h1-2,11,13-14H,3-10H2,(H2,22,25). The fourth-order valence-corrected chi connectivity index (χ4v) is 4.06. The molecule has 2 N–H and O–H groups in total. The number of likely N-dealkylation sites (tertiary alicyclic amines) is 1. The zero-order valence-electron chi connectivity index (χ0n) is 14.7. The summed E-state index contributed by atoms with van der Waals surface area (Å²) in [6, 6.07) is 7.53. The maximum atomic E-state index is 12.8. The van der Waals surface area contributed by atoms with Crippen molar-refractivity contribution in [3.05, 3.63) is 28.8 Å². The Morgan fingerprint density at radius 2 is 1.69 bits per heavy atom. The number of nitriles is 1. The van der Waals surface area contributed by atoms with E-state index in [0.717, 1.165) is 31.6 Å². The molecule has 0 aromatic heterocycles. The van der Waals surface area contributed by atoms with Crippen molar-refractivity contribution in [2.45, 2.75) is 25.7 Å². The van der Waals surface area contributed by atoms with E-state index in [1.807, 2.05) is 11.0 Å². The number of hydrogen-bond acceptors (Lipinski definition) is 4. The van der Waals surface area contributed by atoms with Gasteiger partial charge in [-0.05, 0) is 43.9 Å². The number of anilines is 1. The van der Waals surface area contributed by atoms with Crippen molar-refractivity contribution >= 4 is 29.1 Å². The summed E-state index contributed by atoms with van der Waals surface area (Å²) in [6.45, 7) is 2.71. The summed E-state index contributed by atoms with van der Waals surface area (Å²) in [7, 11) is 0. The van der Waals surface area contributed by atoms with Crippen LogP contribution >= 0.6 is 11.6 Å². The summed E-state index contributed by atoms with van der Waals surface area (Å²) < 4.78 is 0. The maximum absolute atomic E-state index is 12.8. The van der Waals surface area contributed by atoms with Gasteiger partial charge in [0.05, 0.1) is 11.3 Å². The van der Waals surface area contributed by atoms with Gasteiger partial charge in [-0.25, -0.2) is 0 Å². The Bertz CT molecular complexity index is 730. The van der Waals surface area contributed by atoms with E-state index in [-0.39, 0.29) is 23.7 Å². The number of carbonyl (C=O) groups is 2. The summed E-state index contributed by atoms with van der Waals surface area (Å²) >= 11 is 5.97. The fraction of sp³-hybridized carbons (Fsp3) is 0.526. The van der Waals surface area contributed by atoms with Gasteiger partial charge in [-0.3, -0.25) is 9.59 Å². The molecule has 138 valence electrons. The van der Waals surface area contributed by atoms with Gasteiger partial charge >= 0.3 is 0 Å². The second-order valence-corrected chi connectivity index (χ2v) is 7.47. The third kappa shape index (κ3) is 3.94. The quantitative estimate of drug-likeness (QED) is 0.877. The molecular weight excluding hydrogens is 352 g/mol. The number of hydrogen-bond donors (Lipinski definition) is 1. The first-order valence-electron chi connectivity index (χ1n) is 9.02. The number of carbonyl (C=O) groups excluding carboxylic acids is 2. The molecule has 2 fully saturated rings. The molecule has 2 heterocycles. The topological polar surface area (TPSA) is 90.4 Å². The van der Waals surface area contributed by atoms with E-state index in [1.54, 1.807) is 12.1 Å². The summed E-state index contributed by atoms with van der Waals surface area (Å²) in [4.78, 5) is 28.0. The number of nitrogens with two attached hydrogens (primary N) is 1. The van der Waals surface area contributed by atoms with Gasteiger partial charge in [-0.15, -0.1) is 0 Å². The Kier molecular flexibility index (Phi) is 5.67. The van der Waals surface area contributed by atoms with E-state index in [4.69, 9.17) is 17.3 Å². The van der Waals surface area contributed by atoms with Crippen LogP contribution < -0.4 is 10.6 Å². The highest BCUT2D eigenvalue weighted by molar-refractivity contribution is 6.30. The molecule has 26 heavy (non-hydrogen) atoms. The van der Waals surface area contributed by atoms with Crippen molar-refractivity contribution in [1.29, 1.82) is 5.26 Å². The van der Waals surface area contributed by atoms with Gasteiger partial charge in [0.1, 0.15) is 6.07 Å². The third-order valence-corrected chi connectivity index (χ3v) is 5.71. The molecule has 0 unspecified atom stereocenters. The van der Waals surface area contributed by atoms with E-state index in [1.165, 1.54) is 0 Å². The number of piperidine rings is 2. The summed E-state index contributed by atoms with van der Waals surface area (Å²) in [5.74, 6) is -0.171. The molecule has 0 radical (unpaired) electrons. The summed E-state index contributed by atoms with van der Waals surface area (Å²) in [6.07, 6.45) is 2.86. The Hall–Kier alpha value is -2.26. The lowest BCUT2D eigenvalue weighted by atomic mass is 9.91. The molecule has 0 saturated carbocycles. The Morgan fingerprint density at radius 1 is 1.08 bits per heavy atom. The normalized spacial score (nSPS) is 19.2. The van der Waals surface area contributed by atoms with E-state index >= 15 is 0 Å². The SMILES string of the molecule is N#Cc1cc(Cl)ccc1N1CCC(C(=O)N2CCC(C(N)=O)CC2)CC1. The zero-order valence-corrected chi connectivity index (χ0v) is 15.4. The fourth-order valence-electron chi connectivity index (χ4n) is 3.88. The molecule has 2 aliphatic rings. The van der Waals surface area contributed by atoms with Gasteiger partial charge < -0.3 is 15.5 Å². The molecule has 2 aliphatic heterocycles. The lowest BCUT2D eigenvalue weighted by molar-refractivity contribution is -0.139. The van der Waals surface area contributed by atoms with Crippen LogP contribution in [0.4, 0.5) is 5.69 Å². The molecule has 0 spiro atoms. The maximum Gasteiger partial charge on any atom is 0.225 e. The number of amides is 2. The van der Waals surface area contributed by atoms with Gasteiger partial charge in [0.25, 0.3) is 0 Å². The highest BCUT2D eigenvalue weighted by atomic mass is 35.5. The Labute approximate surface area is 158 Å². The summed E-state index contributed by atoms with van der Waals surface area (Å²) in [5.41, 5.74) is 6.80. The predicted molar refractivity (Wildman–Crippen MR) is 99.6 cm³/mol. The molecular formula is C19H23ClN4O2. The average molecular weight is 375 g/mol. The van der Waals surface area contributed by atoms with Gasteiger partial charge in [-0.2, -0.15) is 5.26 Å². The monoisotopic (exact) mass is 374 g/mol. The van der Waals surface area contributed by atoms with Crippen molar-refractivity contribution in [2.24, 2.45) is 17.6 Å². The second kappa shape index (κ2) is 7.96. The van der Waals surface area contributed by atoms with Crippen molar-refractivity contribution in [1.82, 2.24) is 4.90 Å². The minimum Gasteiger partial charge on any atom is -0.370 e. The van der Waals surface area contributed by atoms with Crippen molar-refractivity contribution < 1.29 is 9.59 Å². The predicted octanol–water partition coefficient (Wildman–Crippen LogP) is 2.15. The van der Waals surface area contributed by atoms with Crippen LogP contribution in [-0.4, -0.2) is 42.9 Å². The minimum atomic E-state index is -0.262. The van der Waals surface area contributed by atoms with E-state index in [9.17, 15) is 14.9 Å². The largest absolute Gasteiger partial charge is 0.370 e. The van der Waals surface area contributed by atoms with Crippen molar-refractivity contribution in [3.8, 4) is 6.07 Å². The minimum absolute atomic E-state index is 0.00853. The molecule has 0 atom stereocenters. The number of primary amides is 1. The molecule has 0 bridgehead atoms. The molecule has 2 amide bonds. The lowest BCUT2D eigenvalue weighted by Gasteiger charge is -2.37. The van der Waals surface area contributed by atoms with Gasteiger partial charge in [0.2, 0.25) is 11.8 Å². The van der Waals surface area contributed by atoms with Crippen LogP contribution in [0, 0.1) is 23.2 Å². The Balaban J connectivity index is 1.56. The van der Waals surface area contributed by atoms with Crippen LogP contribution in [0.5, 0.6) is 0 Å². The Morgan fingerprint density at radius 3 is 2.27 bits per heavy atom. The van der Waals surface area contributed by atoms with Crippen LogP contribution in [0.15, 0.2) is 18.2 Å². The highest BCUT2D eigenvalue weighted by Crippen LogP contribution is 2.29. The van der Waals surface area contributed by atoms with Crippen LogP contribution in [-0.2, 0) is 9.59 Å². The number of rotatable bonds is 3. The molecule has 1 aromatic carbocycles. The first-order valence-corrected chi connectivity index (χ1v) is 9.40. The average Bonchev–Trinajstić information content (AvgIpc) is 2.67. The smallest absolute Gasteiger partial charge is 0.225 e. The van der Waals surface area contributed by atoms with Crippen LogP contribution in [0.1, 0.15) is 31.2 Å². The molecule has 2 saturated heterocycles. The van der Waals surface area contributed by atoms with E-state index in [0.29, 0.717) is 36.5 Å². The zero-order chi connectivity index (χ0) is 18.7. The molecule has 6 nitrogen and oxygen atoms in total. The highest BCUT2D eigenvalue weighted by Gasteiger charge is 2.32. The van der Waals surface area contributed by atoms with E-state index in [2.05, 4.69) is 11.0 Å². The first kappa shape index (κ1) is 18.5. The lowest BCUT2D eigenvalue weighted by Crippen LogP contribution is -2.47. The van der Waals surface area contributed by atoms with Crippen LogP contribution in [0.25, 0.3) is 0 Å². The first-order chi connectivity index (χ1) is 12.5. The number of halogens is 1. The third-order valence-electron chi connectivity index (χ3n) is 5.47. The van der Waals surface area contributed by atoms with Gasteiger partial charge in [0, 0.05) is 43.0 Å². The molecule has 1 aromatic rings. The van der Waals surface area contributed by atoms with Crippen LogP contribution in [0.3, 0.4) is 0 Å². The number of nitrogens with zero attached hydrogens (tertiary/aromatic N) is 3. The number of benzene rings is 1. The van der Waals surface area contributed by atoms with Gasteiger partial charge in [-0.1, -0.05) is 11.6 Å². The van der Waals surface area contributed by atoms with Gasteiger partial charge in [0.15, 0.2) is 0 Å². The van der Waals surface area contributed by atoms with Crippen molar-refractivity contribution in [3.63, 3.8) is 0 Å². The van der Waals surface area contributed by atoms with E-state index < -0.39 is 0 Å².